The molecule has 1 unspecified atom stereocenters. The molecule has 110 valence electrons. The topological polar surface area (TPSA) is 66.9 Å². The summed E-state index contributed by atoms with van der Waals surface area (Å²) in [7, 11) is 0. The Hall–Kier alpha value is -2.43. The zero-order valence-corrected chi connectivity index (χ0v) is 12.6. The molecule has 0 fully saturated rings. The van der Waals surface area contributed by atoms with Gasteiger partial charge in [-0.25, -0.2) is 4.98 Å². The molecule has 2 N–H and O–H groups in total. The van der Waals surface area contributed by atoms with Crippen LogP contribution in [0.5, 0.6) is 0 Å². The predicted octanol–water partition coefficient (Wildman–Crippen LogP) is 2.71. The van der Waals surface area contributed by atoms with Crippen LogP contribution in [0.3, 0.4) is 0 Å². The normalized spacial score (nSPS) is 11.8. The number of hydrogen-bond donors (Lipinski definition) is 2. The minimum Gasteiger partial charge on any atom is -0.369 e. The molecule has 2 rings (SSSR count). The van der Waals surface area contributed by atoms with Gasteiger partial charge in [0, 0.05) is 6.54 Å². The van der Waals surface area contributed by atoms with E-state index in [1.807, 2.05) is 45.0 Å². The number of anilines is 1. The van der Waals surface area contributed by atoms with Crippen molar-refractivity contribution in [3.05, 3.63) is 53.5 Å². The molecule has 0 saturated carbocycles. The summed E-state index contributed by atoms with van der Waals surface area (Å²) < 4.78 is 0. The maximum absolute atomic E-state index is 12.3. The Morgan fingerprint density at radius 1 is 1.29 bits per heavy atom. The van der Waals surface area contributed by atoms with E-state index in [9.17, 15) is 4.79 Å². The van der Waals surface area contributed by atoms with E-state index in [1.165, 1.54) is 6.20 Å². The molecule has 0 saturated heterocycles. The lowest BCUT2D eigenvalue weighted by molar-refractivity contribution is 0.0934. The molecule has 1 heterocycles. The van der Waals surface area contributed by atoms with Crippen LogP contribution in [0.4, 0.5) is 5.82 Å². The molecule has 0 aliphatic rings. The van der Waals surface area contributed by atoms with Gasteiger partial charge in [0.1, 0.15) is 11.5 Å². The average Bonchev–Trinajstić information content (AvgIpc) is 2.48. The maximum atomic E-state index is 12.3. The molecule has 1 atom stereocenters. The molecular formula is C16H20N4O. The molecule has 5 nitrogen and oxygen atoms in total. The Labute approximate surface area is 124 Å². The second-order valence-electron chi connectivity index (χ2n) is 4.87. The van der Waals surface area contributed by atoms with Gasteiger partial charge in [0.15, 0.2) is 0 Å². The van der Waals surface area contributed by atoms with Crippen molar-refractivity contribution in [2.75, 3.05) is 11.9 Å². The summed E-state index contributed by atoms with van der Waals surface area (Å²) in [6, 6.07) is 7.92. The molecule has 0 radical (unpaired) electrons. The molecule has 0 aliphatic carbocycles. The van der Waals surface area contributed by atoms with E-state index in [0.29, 0.717) is 11.5 Å². The summed E-state index contributed by atoms with van der Waals surface area (Å²) in [6.07, 6.45) is 3.08. The minimum absolute atomic E-state index is 0.0803. The van der Waals surface area contributed by atoms with Crippen LogP contribution in [0, 0.1) is 6.92 Å². The van der Waals surface area contributed by atoms with Crippen LogP contribution in [-0.2, 0) is 0 Å². The third kappa shape index (κ3) is 3.78. The smallest absolute Gasteiger partial charge is 0.272 e. The first-order chi connectivity index (χ1) is 10.1. The van der Waals surface area contributed by atoms with Gasteiger partial charge < -0.3 is 10.6 Å². The third-order valence-corrected chi connectivity index (χ3v) is 3.23. The van der Waals surface area contributed by atoms with E-state index in [0.717, 1.165) is 17.7 Å². The predicted molar refractivity (Wildman–Crippen MR) is 83.3 cm³/mol. The van der Waals surface area contributed by atoms with Crippen molar-refractivity contribution in [2.24, 2.45) is 0 Å². The zero-order chi connectivity index (χ0) is 15.2. The van der Waals surface area contributed by atoms with Gasteiger partial charge in [-0.3, -0.25) is 9.78 Å². The lowest BCUT2D eigenvalue weighted by Gasteiger charge is -2.16. The summed E-state index contributed by atoms with van der Waals surface area (Å²) in [6.45, 7) is 6.69. The van der Waals surface area contributed by atoms with E-state index in [2.05, 4.69) is 20.6 Å². The number of aromatic nitrogens is 2. The number of nitrogens with zero attached hydrogens (tertiary/aromatic N) is 2. The van der Waals surface area contributed by atoms with Gasteiger partial charge >= 0.3 is 0 Å². The summed E-state index contributed by atoms with van der Waals surface area (Å²) in [5.74, 6) is 0.381. The van der Waals surface area contributed by atoms with Gasteiger partial charge in [-0.1, -0.05) is 24.3 Å². The summed E-state index contributed by atoms with van der Waals surface area (Å²) >= 11 is 0. The van der Waals surface area contributed by atoms with E-state index in [4.69, 9.17) is 0 Å². The van der Waals surface area contributed by atoms with Crippen molar-refractivity contribution in [2.45, 2.75) is 26.8 Å². The number of hydrogen-bond acceptors (Lipinski definition) is 4. The molecule has 5 heteroatoms. The number of carbonyl (C=O) groups is 1. The number of rotatable bonds is 5. The van der Waals surface area contributed by atoms with Crippen LogP contribution < -0.4 is 10.6 Å². The fourth-order valence-electron chi connectivity index (χ4n) is 2.16. The van der Waals surface area contributed by atoms with Crippen LogP contribution >= 0.6 is 0 Å². The highest BCUT2D eigenvalue weighted by molar-refractivity contribution is 5.92. The van der Waals surface area contributed by atoms with Crippen LogP contribution in [0.2, 0.25) is 0 Å². The molecule has 1 aromatic carbocycles. The van der Waals surface area contributed by atoms with Crippen molar-refractivity contribution in [1.29, 1.82) is 0 Å². The van der Waals surface area contributed by atoms with Gasteiger partial charge in [-0.05, 0) is 31.9 Å². The van der Waals surface area contributed by atoms with Gasteiger partial charge in [0.05, 0.1) is 18.4 Å². The Kier molecular flexibility index (Phi) is 4.87. The lowest BCUT2D eigenvalue weighted by Crippen LogP contribution is -2.28. The van der Waals surface area contributed by atoms with E-state index in [-0.39, 0.29) is 11.9 Å². The fraction of sp³-hybridized carbons (Fsp3) is 0.312. The summed E-state index contributed by atoms with van der Waals surface area (Å²) in [5, 5.41) is 6.00. The zero-order valence-electron chi connectivity index (χ0n) is 12.6. The largest absolute Gasteiger partial charge is 0.369 e. The number of carbonyl (C=O) groups excluding carboxylic acids is 1. The van der Waals surface area contributed by atoms with Crippen LogP contribution in [0.1, 0.15) is 41.5 Å². The van der Waals surface area contributed by atoms with Gasteiger partial charge in [-0.2, -0.15) is 0 Å². The van der Waals surface area contributed by atoms with E-state index in [1.54, 1.807) is 6.20 Å². The lowest BCUT2D eigenvalue weighted by atomic mass is 10.0. The standard InChI is InChI=1S/C16H20N4O/c1-4-18-15-10-17-9-14(20-15)16(21)19-12(3)13-8-6-5-7-11(13)2/h5-10,12H,4H2,1-3H3,(H,18,20)(H,19,21). The highest BCUT2D eigenvalue weighted by atomic mass is 16.1. The Morgan fingerprint density at radius 2 is 2.05 bits per heavy atom. The number of benzene rings is 1. The van der Waals surface area contributed by atoms with Gasteiger partial charge in [0.25, 0.3) is 5.91 Å². The number of nitrogens with one attached hydrogen (secondary N) is 2. The first-order valence-corrected chi connectivity index (χ1v) is 7.04. The highest BCUT2D eigenvalue weighted by Gasteiger charge is 2.14. The summed E-state index contributed by atoms with van der Waals surface area (Å²) in [5.41, 5.74) is 2.56. The Balaban J connectivity index is 2.11. The quantitative estimate of drug-likeness (QED) is 0.886. The minimum atomic E-state index is -0.224. The molecule has 0 aliphatic heterocycles. The van der Waals surface area contributed by atoms with Crippen molar-refractivity contribution < 1.29 is 4.79 Å². The van der Waals surface area contributed by atoms with Gasteiger partial charge in [0.2, 0.25) is 0 Å². The van der Waals surface area contributed by atoms with Crippen LogP contribution in [0.15, 0.2) is 36.7 Å². The van der Waals surface area contributed by atoms with Crippen molar-refractivity contribution in [1.82, 2.24) is 15.3 Å². The van der Waals surface area contributed by atoms with Gasteiger partial charge in [-0.15, -0.1) is 0 Å². The highest BCUT2D eigenvalue weighted by Crippen LogP contribution is 2.17. The SMILES string of the molecule is CCNc1cncc(C(=O)NC(C)c2ccccc2C)n1. The molecule has 21 heavy (non-hydrogen) atoms. The first kappa shape index (κ1) is 15.0. The van der Waals surface area contributed by atoms with E-state index < -0.39 is 0 Å². The fourth-order valence-corrected chi connectivity index (χ4v) is 2.16. The third-order valence-electron chi connectivity index (χ3n) is 3.23. The first-order valence-electron chi connectivity index (χ1n) is 7.04. The molecule has 1 aromatic heterocycles. The Morgan fingerprint density at radius 3 is 2.76 bits per heavy atom. The second-order valence-corrected chi connectivity index (χ2v) is 4.87. The van der Waals surface area contributed by atoms with Crippen molar-refractivity contribution in [3.63, 3.8) is 0 Å². The molecule has 2 aromatic rings. The number of aryl methyl sites for hydroxylation is 1. The average molecular weight is 284 g/mol. The maximum Gasteiger partial charge on any atom is 0.272 e. The van der Waals surface area contributed by atoms with Crippen LogP contribution in [0.25, 0.3) is 0 Å². The monoisotopic (exact) mass is 284 g/mol. The Bertz CT molecular complexity index is 627. The van der Waals surface area contributed by atoms with Crippen molar-refractivity contribution in [3.8, 4) is 0 Å². The number of amides is 1. The molecule has 0 bridgehead atoms. The second kappa shape index (κ2) is 6.83. The summed E-state index contributed by atoms with van der Waals surface area (Å²) in [4.78, 5) is 20.5. The molecular weight excluding hydrogens is 264 g/mol. The van der Waals surface area contributed by atoms with E-state index >= 15 is 0 Å². The van der Waals surface area contributed by atoms with Crippen molar-refractivity contribution >= 4 is 11.7 Å². The molecule has 1 amide bonds. The molecule has 0 spiro atoms. The van der Waals surface area contributed by atoms with Crippen LogP contribution in [-0.4, -0.2) is 22.4 Å².